The number of nitrogens with zero attached hydrogens (tertiary/aromatic N) is 2. The third-order valence-corrected chi connectivity index (χ3v) is 3.63. The zero-order chi connectivity index (χ0) is 17.1. The lowest BCUT2D eigenvalue weighted by Gasteiger charge is -2.06. The van der Waals surface area contributed by atoms with Gasteiger partial charge in [-0.25, -0.2) is 18.6 Å². The van der Waals surface area contributed by atoms with Crippen molar-refractivity contribution >= 4 is 11.2 Å². The second-order valence-corrected chi connectivity index (χ2v) is 5.31. The highest BCUT2D eigenvalue weighted by atomic mass is 19.1. The van der Waals surface area contributed by atoms with Gasteiger partial charge in [-0.15, -0.1) is 0 Å². The van der Waals surface area contributed by atoms with E-state index in [-0.39, 0.29) is 12.3 Å². The van der Waals surface area contributed by atoms with Gasteiger partial charge in [0.1, 0.15) is 11.6 Å². The average molecular weight is 334 g/mol. The van der Waals surface area contributed by atoms with Gasteiger partial charge in [0.25, 0.3) is 0 Å². The van der Waals surface area contributed by atoms with Gasteiger partial charge < -0.3 is 10.4 Å². The predicted molar refractivity (Wildman–Crippen MR) is 85.7 cm³/mol. The molecule has 3 N–H and O–H groups in total. The zero-order valence-electron chi connectivity index (χ0n) is 12.7. The van der Waals surface area contributed by atoms with Gasteiger partial charge >= 0.3 is 5.69 Å². The molecule has 0 aliphatic rings. The van der Waals surface area contributed by atoms with Crippen molar-refractivity contribution in [2.45, 2.75) is 6.54 Å². The maximum absolute atomic E-state index is 13.4. The fourth-order valence-electron chi connectivity index (χ4n) is 2.53. The summed E-state index contributed by atoms with van der Waals surface area (Å²) in [5, 5.41) is 11.7. The Morgan fingerprint density at radius 1 is 1.12 bits per heavy atom. The fraction of sp³-hybridized carbons (Fsp3) is 0.250. The molecular weight excluding hydrogens is 318 g/mol. The van der Waals surface area contributed by atoms with Crippen LogP contribution in [0.2, 0.25) is 0 Å². The van der Waals surface area contributed by atoms with Crippen molar-refractivity contribution < 1.29 is 13.9 Å². The molecule has 0 bridgehead atoms. The summed E-state index contributed by atoms with van der Waals surface area (Å²) in [7, 11) is 0. The quantitative estimate of drug-likeness (QED) is 0.593. The molecule has 6 nitrogen and oxygen atoms in total. The molecular formula is C16H16F2N4O2. The Balaban J connectivity index is 1.98. The van der Waals surface area contributed by atoms with Gasteiger partial charge in [-0.05, 0) is 23.8 Å². The average Bonchev–Trinajstić information content (AvgIpc) is 2.85. The van der Waals surface area contributed by atoms with Gasteiger partial charge in [0.15, 0.2) is 5.65 Å². The van der Waals surface area contributed by atoms with Crippen LogP contribution in [0.3, 0.4) is 0 Å². The Labute approximate surface area is 135 Å². The lowest BCUT2D eigenvalue weighted by Crippen LogP contribution is -2.27. The van der Waals surface area contributed by atoms with Crippen LogP contribution in [0.5, 0.6) is 0 Å². The van der Waals surface area contributed by atoms with Crippen molar-refractivity contribution in [3.8, 4) is 11.1 Å². The molecule has 0 aliphatic carbocycles. The minimum absolute atomic E-state index is 0.0135. The first kappa shape index (κ1) is 16.3. The molecule has 0 amide bonds. The number of pyridine rings is 1. The minimum atomic E-state index is -0.676. The van der Waals surface area contributed by atoms with Crippen LogP contribution in [0.15, 0.2) is 35.3 Å². The third kappa shape index (κ3) is 3.34. The van der Waals surface area contributed by atoms with E-state index in [0.29, 0.717) is 41.9 Å². The molecule has 0 aliphatic heterocycles. The predicted octanol–water partition coefficient (Wildman–Crippen LogP) is 1.25. The number of nitrogens with one attached hydrogen (secondary N) is 2. The van der Waals surface area contributed by atoms with Gasteiger partial charge in [0.2, 0.25) is 0 Å². The van der Waals surface area contributed by atoms with E-state index in [1.54, 1.807) is 6.07 Å². The van der Waals surface area contributed by atoms with Crippen molar-refractivity contribution in [1.82, 2.24) is 19.9 Å². The number of fused-ring (bicyclic) bond motifs is 1. The number of benzene rings is 1. The molecule has 0 radical (unpaired) electrons. The summed E-state index contributed by atoms with van der Waals surface area (Å²) < 4.78 is 28.3. The minimum Gasteiger partial charge on any atom is -0.395 e. The maximum atomic E-state index is 13.4. The summed E-state index contributed by atoms with van der Waals surface area (Å²) in [5.74, 6) is -1.35. The molecule has 0 saturated heterocycles. The number of imidazole rings is 1. The van der Waals surface area contributed by atoms with E-state index in [4.69, 9.17) is 5.11 Å². The summed E-state index contributed by atoms with van der Waals surface area (Å²) in [6.07, 6.45) is 1.46. The van der Waals surface area contributed by atoms with Crippen molar-refractivity contribution in [2.24, 2.45) is 0 Å². The SMILES string of the molecule is O=c1[nH]c2ncc(-c3cc(F)cc(F)c3)cc2n1CCNCCO. The van der Waals surface area contributed by atoms with Crippen molar-refractivity contribution in [2.75, 3.05) is 19.7 Å². The number of aliphatic hydroxyl groups is 1. The maximum Gasteiger partial charge on any atom is 0.327 e. The smallest absolute Gasteiger partial charge is 0.327 e. The molecule has 2 heterocycles. The van der Waals surface area contributed by atoms with E-state index in [0.717, 1.165) is 6.07 Å². The zero-order valence-corrected chi connectivity index (χ0v) is 12.7. The molecule has 1 aromatic carbocycles. The van der Waals surface area contributed by atoms with Crippen LogP contribution in [-0.4, -0.2) is 39.3 Å². The fourth-order valence-corrected chi connectivity index (χ4v) is 2.53. The highest BCUT2D eigenvalue weighted by Gasteiger charge is 2.10. The molecule has 0 spiro atoms. The molecule has 0 fully saturated rings. The summed E-state index contributed by atoms with van der Waals surface area (Å²) in [4.78, 5) is 18.8. The largest absolute Gasteiger partial charge is 0.395 e. The number of aliphatic hydroxyl groups excluding tert-OH is 1. The second-order valence-electron chi connectivity index (χ2n) is 5.31. The Hall–Kier alpha value is -2.58. The first-order valence-electron chi connectivity index (χ1n) is 7.45. The number of halogens is 2. The summed E-state index contributed by atoms with van der Waals surface area (Å²) >= 11 is 0. The number of aromatic amines is 1. The van der Waals surface area contributed by atoms with E-state index in [1.165, 1.54) is 22.9 Å². The van der Waals surface area contributed by atoms with E-state index >= 15 is 0 Å². The molecule has 8 heteroatoms. The van der Waals surface area contributed by atoms with Crippen LogP contribution in [0, 0.1) is 11.6 Å². The first-order valence-corrected chi connectivity index (χ1v) is 7.45. The molecule has 2 aromatic heterocycles. The number of H-pyrrole nitrogens is 1. The molecule has 0 unspecified atom stereocenters. The normalized spacial score (nSPS) is 11.3. The van der Waals surface area contributed by atoms with Gasteiger partial charge in [-0.3, -0.25) is 9.55 Å². The van der Waals surface area contributed by atoms with Gasteiger partial charge in [-0.1, -0.05) is 0 Å². The van der Waals surface area contributed by atoms with E-state index in [9.17, 15) is 13.6 Å². The number of hydrogen-bond acceptors (Lipinski definition) is 4. The van der Waals surface area contributed by atoms with E-state index in [2.05, 4.69) is 15.3 Å². The first-order chi connectivity index (χ1) is 11.6. The van der Waals surface area contributed by atoms with Crippen LogP contribution in [0.4, 0.5) is 8.78 Å². The van der Waals surface area contributed by atoms with Crippen molar-refractivity contribution in [3.63, 3.8) is 0 Å². The Kier molecular flexibility index (Phi) is 4.68. The van der Waals surface area contributed by atoms with E-state index in [1.807, 2.05) is 0 Å². The molecule has 0 saturated carbocycles. The molecule has 3 aromatic rings. The van der Waals surface area contributed by atoms with Crippen molar-refractivity contribution in [1.29, 1.82) is 0 Å². The van der Waals surface area contributed by atoms with Gasteiger partial charge in [-0.2, -0.15) is 0 Å². The number of hydrogen-bond donors (Lipinski definition) is 3. The van der Waals surface area contributed by atoms with Crippen molar-refractivity contribution in [3.05, 3.63) is 52.6 Å². The summed E-state index contributed by atoms with van der Waals surface area (Å²) in [6.45, 7) is 1.32. The second kappa shape index (κ2) is 6.90. The summed E-state index contributed by atoms with van der Waals surface area (Å²) in [6, 6.07) is 4.89. The molecule has 3 rings (SSSR count). The summed E-state index contributed by atoms with van der Waals surface area (Å²) in [5.41, 5.74) is 1.50. The number of rotatable bonds is 6. The monoisotopic (exact) mass is 334 g/mol. The Morgan fingerprint density at radius 2 is 1.88 bits per heavy atom. The Bertz CT molecular complexity index is 900. The lowest BCUT2D eigenvalue weighted by atomic mass is 10.1. The van der Waals surface area contributed by atoms with Crippen LogP contribution >= 0.6 is 0 Å². The van der Waals surface area contributed by atoms with Gasteiger partial charge in [0, 0.05) is 37.5 Å². The van der Waals surface area contributed by atoms with Gasteiger partial charge in [0.05, 0.1) is 12.1 Å². The topological polar surface area (TPSA) is 82.9 Å². The Morgan fingerprint density at radius 3 is 2.58 bits per heavy atom. The molecule has 0 atom stereocenters. The van der Waals surface area contributed by atoms with Crippen LogP contribution in [0.25, 0.3) is 22.3 Å². The highest BCUT2D eigenvalue weighted by molar-refractivity contribution is 5.78. The standard InChI is InChI=1S/C16H16F2N4O2/c17-12-5-10(6-13(18)8-12)11-7-14-15(20-9-11)21-16(24)22(14)3-1-19-2-4-23/h5-9,19,23H,1-4H2,(H,20,21,24). The molecule has 24 heavy (non-hydrogen) atoms. The highest BCUT2D eigenvalue weighted by Crippen LogP contribution is 2.23. The molecule has 126 valence electrons. The number of aromatic nitrogens is 3. The third-order valence-electron chi connectivity index (χ3n) is 3.63. The lowest BCUT2D eigenvalue weighted by molar-refractivity contribution is 0.291. The van der Waals surface area contributed by atoms with E-state index < -0.39 is 11.6 Å². The van der Waals surface area contributed by atoms with Crippen LogP contribution in [-0.2, 0) is 6.54 Å². The van der Waals surface area contributed by atoms with Crippen LogP contribution in [0.1, 0.15) is 0 Å². The van der Waals surface area contributed by atoms with Crippen LogP contribution < -0.4 is 11.0 Å².